The Morgan fingerprint density at radius 2 is 0.514 bits per heavy atom. The van der Waals surface area contributed by atoms with Crippen LogP contribution in [0.15, 0.2) is 152 Å². The minimum Gasteiger partial charge on any atom is -0.0622 e. The molecule has 0 fully saturated rings. The van der Waals surface area contributed by atoms with E-state index in [0.29, 0.717) is 17.8 Å². The van der Waals surface area contributed by atoms with Gasteiger partial charge in [0.1, 0.15) is 0 Å². The van der Waals surface area contributed by atoms with Gasteiger partial charge in [-0.2, -0.15) is 0 Å². The van der Waals surface area contributed by atoms with Crippen molar-refractivity contribution in [1.82, 2.24) is 0 Å². The van der Waals surface area contributed by atoms with Gasteiger partial charge >= 0.3 is 0 Å². The minimum absolute atomic E-state index is 0.342. The molecule has 5 rings (SSSR count). The molecule has 5 aromatic rings. The third-order valence-electron chi connectivity index (χ3n) is 7.12. The summed E-state index contributed by atoms with van der Waals surface area (Å²) >= 11 is 0. The van der Waals surface area contributed by atoms with Crippen molar-refractivity contribution < 1.29 is 0 Å². The molecule has 35 heavy (non-hydrogen) atoms. The lowest BCUT2D eigenvalue weighted by Crippen LogP contribution is -2.13. The fourth-order valence-corrected chi connectivity index (χ4v) is 5.33. The molecule has 0 heterocycles. The highest BCUT2D eigenvalue weighted by molar-refractivity contribution is 5.36. The van der Waals surface area contributed by atoms with Gasteiger partial charge in [0.15, 0.2) is 0 Å². The summed E-state index contributed by atoms with van der Waals surface area (Å²) in [4.78, 5) is 0. The first-order chi connectivity index (χ1) is 17.4. The summed E-state index contributed by atoms with van der Waals surface area (Å²) in [6.45, 7) is 0. The van der Waals surface area contributed by atoms with Crippen LogP contribution >= 0.6 is 0 Å². The van der Waals surface area contributed by atoms with E-state index in [1.165, 1.54) is 27.8 Å². The van der Waals surface area contributed by atoms with Crippen molar-refractivity contribution in [2.75, 3.05) is 0 Å². The van der Waals surface area contributed by atoms with Gasteiger partial charge < -0.3 is 0 Å². The van der Waals surface area contributed by atoms with Crippen LogP contribution in [0.1, 0.15) is 58.4 Å². The summed E-state index contributed by atoms with van der Waals surface area (Å²) in [7, 11) is 0. The highest BCUT2D eigenvalue weighted by Crippen LogP contribution is 2.42. The molecule has 0 aliphatic carbocycles. The Balaban J connectivity index is 1.55. The smallest absolute Gasteiger partial charge is 0.00951 e. The zero-order valence-electron chi connectivity index (χ0n) is 20.1. The molecule has 0 bridgehead atoms. The number of hydrogen-bond acceptors (Lipinski definition) is 0. The summed E-state index contributed by atoms with van der Waals surface area (Å²) in [5.74, 6) is 1.09. The fourth-order valence-electron chi connectivity index (χ4n) is 5.33. The Hall–Kier alpha value is -3.90. The van der Waals surface area contributed by atoms with Crippen LogP contribution in [0.4, 0.5) is 0 Å². The van der Waals surface area contributed by atoms with Gasteiger partial charge in [-0.1, -0.05) is 152 Å². The molecule has 0 atom stereocenters. The van der Waals surface area contributed by atoms with Gasteiger partial charge in [-0.3, -0.25) is 0 Å². The second kappa shape index (κ2) is 11.5. The van der Waals surface area contributed by atoms with Crippen LogP contribution in [0.2, 0.25) is 0 Å². The van der Waals surface area contributed by atoms with Crippen molar-refractivity contribution in [3.8, 4) is 0 Å². The largest absolute Gasteiger partial charge is 0.0622 e. The van der Waals surface area contributed by atoms with E-state index in [-0.39, 0.29) is 0 Å². The molecular formula is C35H32. The van der Waals surface area contributed by atoms with Crippen molar-refractivity contribution in [2.24, 2.45) is 0 Å². The van der Waals surface area contributed by atoms with Crippen LogP contribution in [0.3, 0.4) is 0 Å². The second-order valence-corrected chi connectivity index (χ2v) is 9.33. The van der Waals surface area contributed by atoms with Crippen molar-refractivity contribution in [3.63, 3.8) is 0 Å². The van der Waals surface area contributed by atoms with Crippen molar-refractivity contribution in [3.05, 3.63) is 179 Å². The molecule has 0 aromatic heterocycles. The third kappa shape index (κ3) is 5.78. The fraction of sp³-hybridized carbons (Fsp3) is 0.143. The van der Waals surface area contributed by atoms with Gasteiger partial charge in [-0.05, 0) is 46.6 Å². The summed E-state index contributed by atoms with van der Waals surface area (Å²) < 4.78 is 0. The van der Waals surface area contributed by atoms with Crippen LogP contribution in [-0.2, 0) is 0 Å². The second-order valence-electron chi connectivity index (χ2n) is 9.33. The highest BCUT2D eigenvalue weighted by Gasteiger charge is 2.25. The zero-order valence-corrected chi connectivity index (χ0v) is 20.1. The van der Waals surface area contributed by atoms with E-state index in [2.05, 4.69) is 152 Å². The third-order valence-corrected chi connectivity index (χ3v) is 7.12. The summed E-state index contributed by atoms with van der Waals surface area (Å²) in [5, 5.41) is 0. The average molecular weight is 453 g/mol. The Kier molecular flexibility index (Phi) is 7.51. The Morgan fingerprint density at radius 3 is 0.771 bits per heavy atom. The number of benzene rings is 5. The molecule has 0 nitrogen and oxygen atoms in total. The molecule has 0 aliphatic rings. The molecule has 0 amide bonds. The van der Waals surface area contributed by atoms with Gasteiger partial charge in [0, 0.05) is 11.8 Å². The molecule has 5 aromatic carbocycles. The molecule has 0 aliphatic heterocycles. The quantitative estimate of drug-likeness (QED) is 0.209. The predicted octanol–water partition coefficient (Wildman–Crippen LogP) is 9.21. The lowest BCUT2D eigenvalue weighted by molar-refractivity contribution is 0.513. The molecule has 0 saturated carbocycles. The molecule has 0 heteroatoms. The van der Waals surface area contributed by atoms with Crippen molar-refractivity contribution >= 4 is 0 Å². The van der Waals surface area contributed by atoms with Gasteiger partial charge in [0.2, 0.25) is 0 Å². The van der Waals surface area contributed by atoms with Crippen LogP contribution in [0.25, 0.3) is 0 Å². The van der Waals surface area contributed by atoms with E-state index in [4.69, 9.17) is 0 Å². The molecule has 0 saturated heterocycles. The van der Waals surface area contributed by atoms with Crippen LogP contribution in [0, 0.1) is 0 Å². The van der Waals surface area contributed by atoms with E-state index in [1.54, 1.807) is 0 Å². The Labute approximate surface area is 209 Å². The molecule has 0 unspecified atom stereocenters. The van der Waals surface area contributed by atoms with Gasteiger partial charge in [-0.25, -0.2) is 0 Å². The van der Waals surface area contributed by atoms with E-state index in [9.17, 15) is 0 Å². The van der Waals surface area contributed by atoms with Crippen LogP contribution in [0.5, 0.6) is 0 Å². The minimum atomic E-state index is 0.342. The summed E-state index contributed by atoms with van der Waals surface area (Å²) in [6, 6.07) is 55.2. The van der Waals surface area contributed by atoms with Gasteiger partial charge in [0.25, 0.3) is 0 Å². The van der Waals surface area contributed by atoms with E-state index < -0.39 is 0 Å². The zero-order chi connectivity index (χ0) is 23.7. The van der Waals surface area contributed by atoms with Crippen molar-refractivity contribution in [2.45, 2.75) is 30.6 Å². The first-order valence-electron chi connectivity index (χ1n) is 12.6. The maximum absolute atomic E-state index is 2.31. The molecule has 0 N–H and O–H groups in total. The Morgan fingerprint density at radius 1 is 0.286 bits per heavy atom. The number of hydrogen-bond donors (Lipinski definition) is 0. The molecule has 0 radical (unpaired) electrons. The topological polar surface area (TPSA) is 0 Å². The normalized spacial score (nSPS) is 11.3. The summed E-state index contributed by atoms with van der Waals surface area (Å²) in [6.07, 6.45) is 2.13. The highest BCUT2D eigenvalue weighted by atomic mass is 14.3. The lowest BCUT2D eigenvalue weighted by Gasteiger charge is -2.29. The van der Waals surface area contributed by atoms with Gasteiger partial charge in [0.05, 0.1) is 0 Å². The predicted molar refractivity (Wildman–Crippen MR) is 148 cm³/mol. The van der Waals surface area contributed by atoms with Gasteiger partial charge in [-0.15, -0.1) is 0 Å². The average Bonchev–Trinajstić information content (AvgIpc) is 2.95. The van der Waals surface area contributed by atoms with E-state index >= 15 is 0 Å². The first-order valence-corrected chi connectivity index (χ1v) is 12.6. The number of rotatable bonds is 9. The lowest BCUT2D eigenvalue weighted by atomic mass is 9.75. The van der Waals surface area contributed by atoms with Crippen LogP contribution < -0.4 is 0 Å². The maximum Gasteiger partial charge on any atom is 0.00951 e. The van der Waals surface area contributed by atoms with Crippen molar-refractivity contribution in [1.29, 1.82) is 0 Å². The standard InChI is InChI=1S/C35H32/c1-6-16-28(17-7-1)33(26-34(29-18-8-2-9-19-29)30-20-10-3-11-21-30)27-35(31-22-12-4-13-23-31)32-24-14-5-15-25-32/h1-25,33-35H,26-27H2. The molecule has 0 spiro atoms. The Bertz CT molecular complexity index is 1100. The summed E-state index contributed by atoms with van der Waals surface area (Å²) in [5.41, 5.74) is 6.96. The van der Waals surface area contributed by atoms with E-state index in [0.717, 1.165) is 12.8 Å². The monoisotopic (exact) mass is 452 g/mol. The maximum atomic E-state index is 2.31. The van der Waals surface area contributed by atoms with Crippen LogP contribution in [-0.4, -0.2) is 0 Å². The molecular weight excluding hydrogens is 420 g/mol. The molecule has 172 valence electrons. The first kappa shape index (κ1) is 22.9. The SMILES string of the molecule is c1ccc(C(CC(c2ccccc2)c2ccccc2)CC(c2ccccc2)c2ccccc2)cc1. The van der Waals surface area contributed by atoms with E-state index in [1.807, 2.05) is 0 Å².